The average molecular weight is 335 g/mol. The molecule has 0 bridgehead atoms. The molecule has 0 unspecified atom stereocenters. The molecular formula is C12H6Cl3NO4. The van der Waals surface area contributed by atoms with Crippen LogP contribution in [0.15, 0.2) is 28.9 Å². The van der Waals surface area contributed by atoms with Gasteiger partial charge in [0, 0.05) is 6.07 Å². The van der Waals surface area contributed by atoms with Crippen LogP contribution in [0.2, 0.25) is 15.1 Å². The number of furan rings is 1. The van der Waals surface area contributed by atoms with Crippen molar-refractivity contribution in [3.8, 4) is 0 Å². The van der Waals surface area contributed by atoms with Crippen LogP contribution in [0.1, 0.15) is 20.9 Å². The molecule has 2 aromatic rings. The molecule has 1 heterocycles. The van der Waals surface area contributed by atoms with Crippen molar-refractivity contribution in [3.63, 3.8) is 0 Å². The molecule has 0 fully saturated rings. The van der Waals surface area contributed by atoms with Gasteiger partial charge in [0.15, 0.2) is 5.76 Å². The molecule has 0 saturated carbocycles. The standard InChI is InChI=1S/C12H6Cl3NO4/c13-6-2-8(15)9(3-7(6)14)16-11(17)10-1-5(4-20-10)12(18)19/h1-4H,(H,16,17)(H,18,19). The molecule has 20 heavy (non-hydrogen) atoms. The predicted octanol–water partition coefficient (Wildman–Crippen LogP) is 4.19. The van der Waals surface area contributed by atoms with Crippen molar-refractivity contribution in [1.82, 2.24) is 0 Å². The third-order valence-corrected chi connectivity index (χ3v) is 3.36. The molecule has 1 amide bonds. The molecule has 2 rings (SSSR count). The molecule has 0 aliphatic carbocycles. The van der Waals surface area contributed by atoms with Gasteiger partial charge in [-0.15, -0.1) is 0 Å². The molecule has 1 aromatic heterocycles. The zero-order valence-corrected chi connectivity index (χ0v) is 11.9. The van der Waals surface area contributed by atoms with Crippen LogP contribution in [0, 0.1) is 0 Å². The van der Waals surface area contributed by atoms with Crippen LogP contribution in [-0.4, -0.2) is 17.0 Å². The van der Waals surface area contributed by atoms with E-state index < -0.39 is 11.9 Å². The maximum atomic E-state index is 11.9. The summed E-state index contributed by atoms with van der Waals surface area (Å²) < 4.78 is 4.86. The van der Waals surface area contributed by atoms with Crippen LogP contribution >= 0.6 is 34.8 Å². The smallest absolute Gasteiger partial charge is 0.338 e. The van der Waals surface area contributed by atoms with Gasteiger partial charge in [-0.05, 0) is 12.1 Å². The van der Waals surface area contributed by atoms with Crippen molar-refractivity contribution < 1.29 is 19.1 Å². The molecule has 2 N–H and O–H groups in total. The van der Waals surface area contributed by atoms with E-state index in [0.717, 1.165) is 12.3 Å². The third kappa shape index (κ3) is 3.07. The first-order valence-electron chi connectivity index (χ1n) is 5.16. The first-order valence-corrected chi connectivity index (χ1v) is 6.29. The molecule has 0 aliphatic heterocycles. The quantitative estimate of drug-likeness (QED) is 0.825. The van der Waals surface area contributed by atoms with Gasteiger partial charge in [-0.25, -0.2) is 4.79 Å². The molecule has 0 atom stereocenters. The minimum absolute atomic E-state index is 0.129. The van der Waals surface area contributed by atoms with E-state index >= 15 is 0 Å². The number of amides is 1. The van der Waals surface area contributed by atoms with Crippen molar-refractivity contribution >= 4 is 52.4 Å². The summed E-state index contributed by atoms with van der Waals surface area (Å²) in [6, 6.07) is 3.86. The topological polar surface area (TPSA) is 79.5 Å². The number of carboxylic acids is 1. The molecule has 0 spiro atoms. The van der Waals surface area contributed by atoms with Crippen molar-refractivity contribution in [3.05, 3.63) is 50.9 Å². The summed E-state index contributed by atoms with van der Waals surface area (Å²) in [5, 5.41) is 11.8. The van der Waals surface area contributed by atoms with Crippen LogP contribution in [0.3, 0.4) is 0 Å². The lowest BCUT2D eigenvalue weighted by atomic mass is 10.3. The largest absolute Gasteiger partial charge is 0.478 e. The summed E-state index contributed by atoms with van der Waals surface area (Å²) in [5.41, 5.74) is 0.106. The second-order valence-corrected chi connectivity index (χ2v) is 4.93. The maximum absolute atomic E-state index is 11.9. The zero-order valence-electron chi connectivity index (χ0n) is 9.62. The Labute approximate surface area is 128 Å². The number of benzene rings is 1. The monoisotopic (exact) mass is 333 g/mol. The Morgan fingerprint density at radius 2 is 1.70 bits per heavy atom. The molecular weight excluding hydrogens is 328 g/mol. The van der Waals surface area contributed by atoms with Gasteiger partial charge in [0.1, 0.15) is 6.26 Å². The van der Waals surface area contributed by atoms with E-state index in [-0.39, 0.29) is 32.1 Å². The van der Waals surface area contributed by atoms with Gasteiger partial charge in [0.05, 0.1) is 26.3 Å². The SMILES string of the molecule is O=C(O)c1coc(C(=O)Nc2cc(Cl)c(Cl)cc2Cl)c1. The van der Waals surface area contributed by atoms with Gasteiger partial charge in [-0.3, -0.25) is 4.79 Å². The number of aromatic carboxylic acids is 1. The van der Waals surface area contributed by atoms with E-state index in [4.69, 9.17) is 44.3 Å². The minimum Gasteiger partial charge on any atom is -0.478 e. The van der Waals surface area contributed by atoms with Crippen LogP contribution in [0.5, 0.6) is 0 Å². The Kier molecular flexibility index (Phi) is 4.23. The van der Waals surface area contributed by atoms with E-state index in [1.165, 1.54) is 12.1 Å². The third-order valence-electron chi connectivity index (χ3n) is 2.33. The van der Waals surface area contributed by atoms with Gasteiger partial charge in [0.2, 0.25) is 0 Å². The number of carbonyl (C=O) groups excluding carboxylic acids is 1. The van der Waals surface area contributed by atoms with Crippen LogP contribution in [0.4, 0.5) is 5.69 Å². The van der Waals surface area contributed by atoms with E-state index in [2.05, 4.69) is 5.32 Å². The highest BCUT2D eigenvalue weighted by Crippen LogP contribution is 2.32. The van der Waals surface area contributed by atoms with Crippen molar-refractivity contribution in [2.45, 2.75) is 0 Å². The number of halogens is 3. The lowest BCUT2D eigenvalue weighted by Crippen LogP contribution is -2.11. The number of nitrogens with one attached hydrogen (secondary N) is 1. The Bertz CT molecular complexity index is 696. The first-order chi connectivity index (χ1) is 9.38. The van der Waals surface area contributed by atoms with Crippen LogP contribution in [0.25, 0.3) is 0 Å². The summed E-state index contributed by atoms with van der Waals surface area (Å²) in [6.07, 6.45) is 0.966. The predicted molar refractivity (Wildman–Crippen MR) is 75.1 cm³/mol. The van der Waals surface area contributed by atoms with Gasteiger partial charge in [-0.2, -0.15) is 0 Å². The summed E-state index contributed by atoms with van der Waals surface area (Å²) in [4.78, 5) is 22.6. The molecule has 0 saturated heterocycles. The van der Waals surface area contributed by atoms with E-state index in [9.17, 15) is 9.59 Å². The van der Waals surface area contributed by atoms with Gasteiger partial charge < -0.3 is 14.8 Å². The highest BCUT2D eigenvalue weighted by atomic mass is 35.5. The summed E-state index contributed by atoms with van der Waals surface area (Å²) >= 11 is 17.5. The minimum atomic E-state index is -1.19. The molecule has 1 aromatic carbocycles. The number of carbonyl (C=O) groups is 2. The Morgan fingerprint density at radius 1 is 1.05 bits per heavy atom. The second-order valence-electron chi connectivity index (χ2n) is 3.71. The lowest BCUT2D eigenvalue weighted by molar-refractivity contribution is 0.0696. The maximum Gasteiger partial charge on any atom is 0.338 e. The number of anilines is 1. The normalized spacial score (nSPS) is 10.3. The molecule has 0 aliphatic rings. The average Bonchev–Trinajstić information content (AvgIpc) is 2.85. The van der Waals surface area contributed by atoms with Gasteiger partial charge >= 0.3 is 5.97 Å². The molecule has 104 valence electrons. The molecule has 5 nitrogen and oxygen atoms in total. The summed E-state index contributed by atoms with van der Waals surface area (Å²) in [7, 11) is 0. The van der Waals surface area contributed by atoms with Crippen molar-refractivity contribution in [2.24, 2.45) is 0 Å². The number of carboxylic acid groups (broad SMARTS) is 1. The van der Waals surface area contributed by atoms with E-state index in [1.54, 1.807) is 0 Å². The number of rotatable bonds is 3. The highest BCUT2D eigenvalue weighted by Gasteiger charge is 2.16. The summed E-state index contributed by atoms with van der Waals surface area (Å²) in [6.45, 7) is 0. The zero-order chi connectivity index (χ0) is 14.9. The number of hydrogen-bond acceptors (Lipinski definition) is 3. The molecule has 8 heteroatoms. The van der Waals surface area contributed by atoms with E-state index in [0.29, 0.717) is 0 Å². The Morgan fingerprint density at radius 3 is 2.30 bits per heavy atom. The van der Waals surface area contributed by atoms with Crippen LogP contribution in [-0.2, 0) is 0 Å². The Hall–Kier alpha value is -1.69. The van der Waals surface area contributed by atoms with Crippen LogP contribution < -0.4 is 5.32 Å². The first kappa shape index (κ1) is 14.7. The fraction of sp³-hybridized carbons (Fsp3) is 0. The van der Waals surface area contributed by atoms with Gasteiger partial charge in [0.25, 0.3) is 5.91 Å². The molecule has 0 radical (unpaired) electrons. The second kappa shape index (κ2) is 5.75. The van der Waals surface area contributed by atoms with Gasteiger partial charge in [-0.1, -0.05) is 34.8 Å². The van der Waals surface area contributed by atoms with Crippen molar-refractivity contribution in [1.29, 1.82) is 0 Å². The van der Waals surface area contributed by atoms with E-state index in [1.807, 2.05) is 0 Å². The number of hydrogen-bond donors (Lipinski definition) is 2. The summed E-state index contributed by atoms with van der Waals surface area (Å²) in [5.74, 6) is -2.01. The van der Waals surface area contributed by atoms with Crippen molar-refractivity contribution in [2.75, 3.05) is 5.32 Å². The lowest BCUT2D eigenvalue weighted by Gasteiger charge is -2.07. The fourth-order valence-corrected chi connectivity index (χ4v) is 1.96. The Balaban J connectivity index is 2.23. The fourth-order valence-electron chi connectivity index (χ4n) is 1.37. The highest BCUT2D eigenvalue weighted by molar-refractivity contribution is 6.44.